The molecule has 0 saturated heterocycles. The number of benzene rings is 1. The third-order valence-electron chi connectivity index (χ3n) is 5.38. The van der Waals surface area contributed by atoms with Crippen LogP contribution in [0.5, 0.6) is 5.75 Å². The van der Waals surface area contributed by atoms with Crippen LogP contribution in [0.1, 0.15) is 44.1 Å². The number of nitrogens with one attached hydrogen (secondary N) is 1. The molecule has 0 aliphatic heterocycles. The fourth-order valence-electron chi connectivity index (χ4n) is 3.86. The van der Waals surface area contributed by atoms with Crippen molar-refractivity contribution in [2.24, 2.45) is 5.92 Å². The average Bonchev–Trinajstić information content (AvgIpc) is 2.55. The van der Waals surface area contributed by atoms with Crippen molar-refractivity contribution in [2.75, 3.05) is 13.6 Å². The van der Waals surface area contributed by atoms with Crippen molar-refractivity contribution >= 4 is 6.03 Å². The highest BCUT2D eigenvalue weighted by Crippen LogP contribution is 2.28. The van der Waals surface area contributed by atoms with Crippen LogP contribution in [0.4, 0.5) is 4.79 Å². The van der Waals surface area contributed by atoms with Gasteiger partial charge in [-0.2, -0.15) is 0 Å². The fraction of sp³-hybridized carbons (Fsp3) is 0.650. The monoisotopic (exact) mass is 346 g/mol. The maximum Gasteiger partial charge on any atom is 0.317 e. The highest BCUT2D eigenvalue weighted by molar-refractivity contribution is 5.74. The van der Waals surface area contributed by atoms with E-state index < -0.39 is 0 Å². The normalized spacial score (nSPS) is 28.8. The maximum atomic E-state index is 12.5. The SMILES string of the molecule is Cc1cccc(O[C@H]2CCCC[C@H]2NC(=O)N(C)CC2CC(O)C2)c1. The Morgan fingerprint density at radius 3 is 2.80 bits per heavy atom. The summed E-state index contributed by atoms with van der Waals surface area (Å²) in [6.45, 7) is 2.76. The van der Waals surface area contributed by atoms with Crippen LogP contribution in [0, 0.1) is 12.8 Å². The molecule has 1 aromatic rings. The number of urea groups is 1. The Hall–Kier alpha value is -1.75. The van der Waals surface area contributed by atoms with Crippen LogP contribution in [0.15, 0.2) is 24.3 Å². The van der Waals surface area contributed by atoms with Gasteiger partial charge in [-0.25, -0.2) is 4.79 Å². The van der Waals surface area contributed by atoms with E-state index in [9.17, 15) is 9.90 Å². The molecule has 0 spiro atoms. The molecular formula is C20H30N2O3. The lowest BCUT2D eigenvalue weighted by molar-refractivity contribution is 0.0317. The zero-order valence-corrected chi connectivity index (χ0v) is 15.3. The number of aliphatic hydroxyl groups excluding tert-OH is 1. The molecule has 0 radical (unpaired) electrons. The highest BCUT2D eigenvalue weighted by Gasteiger charge is 2.32. The van der Waals surface area contributed by atoms with Crippen molar-refractivity contribution in [2.45, 2.75) is 63.7 Å². The summed E-state index contributed by atoms with van der Waals surface area (Å²) in [5, 5.41) is 12.6. The van der Waals surface area contributed by atoms with E-state index in [1.165, 1.54) is 5.56 Å². The first-order valence-corrected chi connectivity index (χ1v) is 9.44. The lowest BCUT2D eigenvalue weighted by atomic mass is 9.82. The van der Waals surface area contributed by atoms with Crippen molar-refractivity contribution < 1.29 is 14.6 Å². The second kappa shape index (κ2) is 8.09. The molecule has 138 valence electrons. The average molecular weight is 346 g/mol. The maximum absolute atomic E-state index is 12.5. The lowest BCUT2D eigenvalue weighted by Crippen LogP contribution is -2.52. The van der Waals surface area contributed by atoms with E-state index in [4.69, 9.17) is 4.74 Å². The first-order valence-electron chi connectivity index (χ1n) is 9.44. The number of rotatable bonds is 5. The van der Waals surface area contributed by atoms with Crippen molar-refractivity contribution in [3.63, 3.8) is 0 Å². The van der Waals surface area contributed by atoms with Gasteiger partial charge in [-0.3, -0.25) is 0 Å². The number of aliphatic hydroxyl groups is 1. The Kier molecular flexibility index (Phi) is 5.84. The molecule has 5 heteroatoms. The first-order chi connectivity index (χ1) is 12.0. The van der Waals surface area contributed by atoms with Crippen LogP contribution in [-0.4, -0.2) is 47.9 Å². The standard InChI is InChI=1S/C20H30N2O3/c1-14-6-5-7-17(10-14)25-19-9-4-3-8-18(19)21-20(24)22(2)13-15-11-16(23)12-15/h5-7,10,15-16,18-19,23H,3-4,8-9,11-13H2,1-2H3,(H,21,24)/t15?,16?,18-,19+/m1/s1. The number of carbonyl (C=O) groups is 1. The molecule has 2 fully saturated rings. The topological polar surface area (TPSA) is 61.8 Å². The van der Waals surface area contributed by atoms with Gasteiger partial charge in [-0.05, 0) is 62.6 Å². The number of nitrogens with zero attached hydrogens (tertiary/aromatic N) is 1. The van der Waals surface area contributed by atoms with E-state index in [0.29, 0.717) is 12.5 Å². The minimum Gasteiger partial charge on any atom is -0.488 e. The summed E-state index contributed by atoms with van der Waals surface area (Å²) in [7, 11) is 1.83. The van der Waals surface area contributed by atoms with Gasteiger partial charge in [0.05, 0.1) is 12.1 Å². The summed E-state index contributed by atoms with van der Waals surface area (Å²) in [5.41, 5.74) is 1.18. The van der Waals surface area contributed by atoms with E-state index in [1.54, 1.807) is 4.90 Å². The Morgan fingerprint density at radius 2 is 2.08 bits per heavy atom. The van der Waals surface area contributed by atoms with Gasteiger partial charge in [0.1, 0.15) is 11.9 Å². The molecule has 25 heavy (non-hydrogen) atoms. The molecule has 2 amide bonds. The summed E-state index contributed by atoms with van der Waals surface area (Å²) in [4.78, 5) is 14.3. The molecule has 2 aliphatic rings. The van der Waals surface area contributed by atoms with Crippen LogP contribution >= 0.6 is 0 Å². The molecule has 2 N–H and O–H groups in total. The van der Waals surface area contributed by atoms with Crippen LogP contribution in [0.2, 0.25) is 0 Å². The van der Waals surface area contributed by atoms with Gasteiger partial charge in [0, 0.05) is 13.6 Å². The van der Waals surface area contributed by atoms with Crippen molar-refractivity contribution in [3.05, 3.63) is 29.8 Å². The molecule has 2 aliphatic carbocycles. The number of amides is 2. The lowest BCUT2D eigenvalue weighted by Gasteiger charge is -2.36. The molecule has 0 bridgehead atoms. The van der Waals surface area contributed by atoms with Gasteiger partial charge in [-0.1, -0.05) is 18.6 Å². The zero-order valence-electron chi connectivity index (χ0n) is 15.3. The van der Waals surface area contributed by atoms with Gasteiger partial charge < -0.3 is 20.1 Å². The van der Waals surface area contributed by atoms with E-state index in [2.05, 4.69) is 18.3 Å². The minimum atomic E-state index is -0.174. The van der Waals surface area contributed by atoms with Crippen LogP contribution in [0.3, 0.4) is 0 Å². The van der Waals surface area contributed by atoms with E-state index in [1.807, 2.05) is 25.2 Å². The largest absolute Gasteiger partial charge is 0.488 e. The third kappa shape index (κ3) is 4.88. The van der Waals surface area contributed by atoms with Gasteiger partial charge in [0.15, 0.2) is 0 Å². The predicted molar refractivity (Wildman–Crippen MR) is 97.7 cm³/mol. The van der Waals surface area contributed by atoms with Crippen LogP contribution in [-0.2, 0) is 0 Å². The number of aryl methyl sites for hydroxylation is 1. The van der Waals surface area contributed by atoms with Crippen LogP contribution in [0.25, 0.3) is 0 Å². The second-order valence-corrected chi connectivity index (χ2v) is 7.69. The number of hydrogen-bond donors (Lipinski definition) is 2. The molecule has 2 saturated carbocycles. The fourth-order valence-corrected chi connectivity index (χ4v) is 3.86. The predicted octanol–water partition coefficient (Wildman–Crippen LogP) is 3.10. The zero-order chi connectivity index (χ0) is 17.8. The molecule has 1 aromatic carbocycles. The number of hydrogen-bond acceptors (Lipinski definition) is 3. The molecule has 2 atom stereocenters. The number of carbonyl (C=O) groups excluding carboxylic acids is 1. The smallest absolute Gasteiger partial charge is 0.317 e. The number of ether oxygens (including phenoxy) is 1. The van der Waals surface area contributed by atoms with Crippen molar-refractivity contribution in [1.82, 2.24) is 10.2 Å². The Morgan fingerprint density at radius 1 is 1.32 bits per heavy atom. The van der Waals surface area contributed by atoms with Gasteiger partial charge in [0.25, 0.3) is 0 Å². The molecule has 5 nitrogen and oxygen atoms in total. The summed E-state index contributed by atoms with van der Waals surface area (Å²) in [5.74, 6) is 1.31. The van der Waals surface area contributed by atoms with E-state index in [-0.39, 0.29) is 24.3 Å². The molecule has 0 aromatic heterocycles. The summed E-state index contributed by atoms with van der Waals surface area (Å²) in [6.07, 6.45) is 5.65. The van der Waals surface area contributed by atoms with Gasteiger partial charge >= 0.3 is 6.03 Å². The van der Waals surface area contributed by atoms with Crippen molar-refractivity contribution in [1.29, 1.82) is 0 Å². The van der Waals surface area contributed by atoms with Crippen molar-refractivity contribution in [3.8, 4) is 5.75 Å². The summed E-state index contributed by atoms with van der Waals surface area (Å²) >= 11 is 0. The minimum absolute atomic E-state index is 0.0263. The quantitative estimate of drug-likeness (QED) is 0.861. The Balaban J connectivity index is 1.54. The first kappa shape index (κ1) is 18.1. The molecule has 3 rings (SSSR count). The summed E-state index contributed by atoms with van der Waals surface area (Å²) in [6, 6.07) is 8.10. The van der Waals surface area contributed by atoms with Gasteiger partial charge in [0.2, 0.25) is 0 Å². The molecule has 0 heterocycles. The Labute approximate surface area is 150 Å². The Bertz CT molecular complexity index is 586. The molecular weight excluding hydrogens is 316 g/mol. The van der Waals surface area contributed by atoms with Crippen LogP contribution < -0.4 is 10.1 Å². The van der Waals surface area contributed by atoms with E-state index >= 15 is 0 Å². The van der Waals surface area contributed by atoms with Gasteiger partial charge in [-0.15, -0.1) is 0 Å². The molecule has 0 unspecified atom stereocenters. The highest BCUT2D eigenvalue weighted by atomic mass is 16.5. The third-order valence-corrected chi connectivity index (χ3v) is 5.38. The second-order valence-electron chi connectivity index (χ2n) is 7.69. The van der Waals surface area contributed by atoms with E-state index in [0.717, 1.165) is 44.3 Å². The summed E-state index contributed by atoms with van der Waals surface area (Å²) < 4.78 is 6.19.